The Morgan fingerprint density at radius 1 is 1.05 bits per heavy atom. The van der Waals surface area contributed by atoms with Crippen molar-refractivity contribution in [2.45, 2.75) is 72.8 Å². The topological polar surface area (TPSA) is 12.0 Å². The van der Waals surface area contributed by atoms with Gasteiger partial charge in [0.2, 0.25) is 0 Å². The first-order chi connectivity index (χ1) is 9.53. The van der Waals surface area contributed by atoms with E-state index in [1.807, 2.05) is 0 Å². The van der Waals surface area contributed by atoms with Crippen molar-refractivity contribution in [1.29, 1.82) is 0 Å². The van der Waals surface area contributed by atoms with Crippen LogP contribution < -0.4 is 5.32 Å². The summed E-state index contributed by atoms with van der Waals surface area (Å²) in [6.45, 7) is 11.3. The summed E-state index contributed by atoms with van der Waals surface area (Å²) >= 11 is 0. The molecule has 1 N–H and O–H groups in total. The van der Waals surface area contributed by atoms with Crippen LogP contribution in [0.15, 0.2) is 12.1 Å². The third-order valence-corrected chi connectivity index (χ3v) is 4.55. The first-order valence-electron chi connectivity index (χ1n) is 8.28. The zero-order chi connectivity index (χ0) is 15.1. The molecule has 0 heterocycles. The summed E-state index contributed by atoms with van der Waals surface area (Å²) in [4.78, 5) is 0. The molecular formula is C19H33N. The molecule has 20 heavy (non-hydrogen) atoms. The zero-order valence-corrected chi connectivity index (χ0v) is 14.3. The lowest BCUT2D eigenvalue weighted by atomic mass is 9.85. The van der Waals surface area contributed by atoms with Gasteiger partial charge in [-0.2, -0.15) is 0 Å². The normalized spacial score (nSPS) is 14.3. The number of aryl methyl sites for hydroxylation is 3. The molecule has 0 aliphatic carbocycles. The minimum Gasteiger partial charge on any atom is -0.313 e. The minimum absolute atomic E-state index is 0.498. The van der Waals surface area contributed by atoms with Gasteiger partial charge in [-0.3, -0.25) is 0 Å². The fourth-order valence-electron chi connectivity index (χ4n) is 3.44. The van der Waals surface area contributed by atoms with Gasteiger partial charge in [0, 0.05) is 6.04 Å². The summed E-state index contributed by atoms with van der Waals surface area (Å²) < 4.78 is 0. The maximum Gasteiger partial charge on any atom is 0.0325 e. The summed E-state index contributed by atoms with van der Waals surface area (Å²) in [5, 5.41) is 3.56. The van der Waals surface area contributed by atoms with Crippen molar-refractivity contribution in [3.8, 4) is 0 Å². The largest absolute Gasteiger partial charge is 0.313 e. The Morgan fingerprint density at radius 2 is 1.65 bits per heavy atom. The van der Waals surface area contributed by atoms with Crippen LogP contribution in [-0.2, 0) is 0 Å². The predicted octanol–water partition coefficient (Wildman–Crippen LogP) is 5.48. The highest BCUT2D eigenvalue weighted by Gasteiger charge is 2.19. The third-order valence-electron chi connectivity index (χ3n) is 4.55. The number of rotatable bonds is 8. The molecule has 1 rings (SSSR count). The molecule has 0 saturated carbocycles. The molecule has 0 aliphatic heterocycles. The summed E-state index contributed by atoms with van der Waals surface area (Å²) in [6.07, 6.45) is 6.60. The smallest absolute Gasteiger partial charge is 0.0325 e. The maximum atomic E-state index is 3.56. The molecule has 1 aromatic carbocycles. The fraction of sp³-hybridized carbons (Fsp3) is 0.684. The Bertz CT molecular complexity index is 385. The van der Waals surface area contributed by atoms with Gasteiger partial charge in [0.05, 0.1) is 0 Å². The van der Waals surface area contributed by atoms with Gasteiger partial charge in [-0.15, -0.1) is 0 Å². The molecule has 1 heteroatoms. The van der Waals surface area contributed by atoms with Crippen molar-refractivity contribution < 1.29 is 0 Å². The number of benzene rings is 1. The first-order valence-corrected chi connectivity index (χ1v) is 8.28. The van der Waals surface area contributed by atoms with Gasteiger partial charge in [-0.05, 0) is 56.8 Å². The molecule has 0 radical (unpaired) electrons. The van der Waals surface area contributed by atoms with E-state index in [-0.39, 0.29) is 0 Å². The number of unbranched alkanes of at least 4 members (excludes halogenated alkanes) is 1. The van der Waals surface area contributed by atoms with E-state index in [9.17, 15) is 0 Å². The highest BCUT2D eigenvalue weighted by molar-refractivity contribution is 5.39. The van der Waals surface area contributed by atoms with Crippen LogP contribution in [0.1, 0.15) is 74.2 Å². The van der Waals surface area contributed by atoms with Crippen molar-refractivity contribution in [3.05, 3.63) is 34.4 Å². The highest BCUT2D eigenvalue weighted by Crippen LogP contribution is 2.31. The van der Waals surface area contributed by atoms with E-state index >= 15 is 0 Å². The van der Waals surface area contributed by atoms with Gasteiger partial charge in [-0.1, -0.05) is 57.2 Å². The van der Waals surface area contributed by atoms with E-state index in [0.29, 0.717) is 6.04 Å². The van der Waals surface area contributed by atoms with Crippen molar-refractivity contribution >= 4 is 0 Å². The summed E-state index contributed by atoms with van der Waals surface area (Å²) in [6, 6.07) is 5.14. The van der Waals surface area contributed by atoms with Crippen LogP contribution in [0.25, 0.3) is 0 Å². The molecule has 2 unspecified atom stereocenters. The minimum atomic E-state index is 0.498. The third kappa shape index (κ3) is 4.63. The van der Waals surface area contributed by atoms with Crippen LogP contribution in [0.2, 0.25) is 0 Å². The molecule has 0 bridgehead atoms. The van der Waals surface area contributed by atoms with E-state index in [2.05, 4.69) is 59.1 Å². The van der Waals surface area contributed by atoms with Crippen LogP contribution >= 0.6 is 0 Å². The second-order valence-corrected chi connectivity index (χ2v) is 6.31. The van der Waals surface area contributed by atoms with Gasteiger partial charge in [-0.25, -0.2) is 0 Å². The molecule has 0 aliphatic rings. The molecule has 1 nitrogen and oxygen atoms in total. The van der Waals surface area contributed by atoms with Gasteiger partial charge in [0.1, 0.15) is 0 Å². The molecule has 0 aromatic heterocycles. The second kappa shape index (κ2) is 8.46. The van der Waals surface area contributed by atoms with Gasteiger partial charge in [0.25, 0.3) is 0 Å². The van der Waals surface area contributed by atoms with E-state index in [1.54, 1.807) is 0 Å². The lowest BCUT2D eigenvalue weighted by Gasteiger charge is -2.26. The predicted molar refractivity (Wildman–Crippen MR) is 90.4 cm³/mol. The van der Waals surface area contributed by atoms with Crippen molar-refractivity contribution in [3.63, 3.8) is 0 Å². The SMILES string of the molecule is CCCCC(CC)CC(NC)c1c(C)cc(C)cc1C. The summed E-state index contributed by atoms with van der Waals surface area (Å²) in [7, 11) is 2.11. The van der Waals surface area contributed by atoms with Crippen molar-refractivity contribution in [2.24, 2.45) is 5.92 Å². The second-order valence-electron chi connectivity index (χ2n) is 6.31. The molecule has 0 saturated heterocycles. The fourth-order valence-corrected chi connectivity index (χ4v) is 3.44. The van der Waals surface area contributed by atoms with Crippen LogP contribution in [-0.4, -0.2) is 7.05 Å². The highest BCUT2D eigenvalue weighted by atomic mass is 14.9. The lowest BCUT2D eigenvalue weighted by Crippen LogP contribution is -2.22. The first kappa shape index (κ1) is 17.2. The summed E-state index contributed by atoms with van der Waals surface area (Å²) in [5.41, 5.74) is 5.77. The number of hydrogen-bond donors (Lipinski definition) is 1. The van der Waals surface area contributed by atoms with E-state index in [4.69, 9.17) is 0 Å². The Labute approximate surface area is 126 Å². The van der Waals surface area contributed by atoms with Gasteiger partial charge in [0.15, 0.2) is 0 Å². The van der Waals surface area contributed by atoms with Crippen molar-refractivity contribution in [2.75, 3.05) is 7.05 Å². The van der Waals surface area contributed by atoms with Crippen molar-refractivity contribution in [1.82, 2.24) is 5.32 Å². The molecular weight excluding hydrogens is 242 g/mol. The zero-order valence-electron chi connectivity index (χ0n) is 14.3. The van der Waals surface area contributed by atoms with Gasteiger partial charge >= 0.3 is 0 Å². The monoisotopic (exact) mass is 275 g/mol. The van der Waals surface area contributed by atoms with E-state index in [0.717, 1.165) is 5.92 Å². The van der Waals surface area contributed by atoms with E-state index < -0.39 is 0 Å². The lowest BCUT2D eigenvalue weighted by molar-refractivity contribution is 0.363. The quantitative estimate of drug-likeness (QED) is 0.662. The Hall–Kier alpha value is -0.820. The molecule has 2 atom stereocenters. The average molecular weight is 275 g/mol. The standard InChI is InChI=1S/C19H33N/c1-7-9-10-17(8-2)13-18(20-6)19-15(4)11-14(3)12-16(19)5/h11-12,17-18,20H,7-10,13H2,1-6H3. The number of hydrogen-bond acceptors (Lipinski definition) is 1. The van der Waals surface area contributed by atoms with Crippen LogP contribution in [0.4, 0.5) is 0 Å². The van der Waals surface area contributed by atoms with Gasteiger partial charge < -0.3 is 5.32 Å². The van der Waals surface area contributed by atoms with E-state index in [1.165, 1.54) is 54.4 Å². The summed E-state index contributed by atoms with van der Waals surface area (Å²) in [5.74, 6) is 0.840. The average Bonchev–Trinajstić information content (AvgIpc) is 2.40. The van der Waals surface area contributed by atoms with Crippen LogP contribution in [0.3, 0.4) is 0 Å². The van der Waals surface area contributed by atoms with Crippen LogP contribution in [0, 0.1) is 26.7 Å². The molecule has 0 spiro atoms. The molecule has 114 valence electrons. The Kier molecular flexibility index (Phi) is 7.29. The molecule has 0 fully saturated rings. The number of nitrogens with one attached hydrogen (secondary N) is 1. The maximum absolute atomic E-state index is 3.56. The molecule has 0 amide bonds. The Morgan fingerprint density at radius 3 is 2.10 bits per heavy atom. The Balaban J connectivity index is 2.90. The van der Waals surface area contributed by atoms with Crippen LogP contribution in [0.5, 0.6) is 0 Å². The molecule has 1 aromatic rings.